The van der Waals surface area contributed by atoms with Crippen molar-refractivity contribution in [3.63, 3.8) is 0 Å². The van der Waals surface area contributed by atoms with Gasteiger partial charge in [0.15, 0.2) is 11.5 Å². The molecule has 31 heavy (non-hydrogen) atoms. The van der Waals surface area contributed by atoms with Crippen LogP contribution in [0.5, 0.6) is 23.0 Å². The lowest BCUT2D eigenvalue weighted by molar-refractivity contribution is 0.279. The fourth-order valence-corrected chi connectivity index (χ4v) is 3.17. The number of hydrogen-bond acceptors (Lipinski definition) is 10. The van der Waals surface area contributed by atoms with Crippen molar-refractivity contribution in [2.75, 3.05) is 14.2 Å². The Labute approximate surface area is 180 Å². The molecule has 0 bridgehead atoms. The van der Waals surface area contributed by atoms with Gasteiger partial charge in [-0.2, -0.15) is 0 Å². The quantitative estimate of drug-likeness (QED) is 0.487. The largest absolute Gasteiger partial charge is 0.501 e. The Hall–Kier alpha value is -3.73. The van der Waals surface area contributed by atoms with Crippen molar-refractivity contribution in [2.45, 2.75) is 6.61 Å². The maximum absolute atomic E-state index is 12.3. The molecular weight excluding hydrogens is 480 g/mol. The molecule has 1 N–H and O–H groups in total. The molecule has 0 aliphatic heterocycles. The van der Waals surface area contributed by atoms with E-state index in [1.54, 1.807) is 12.1 Å². The molecule has 0 saturated heterocycles. The predicted octanol–water partition coefficient (Wildman–Crippen LogP) is 0.688. The van der Waals surface area contributed by atoms with Crippen molar-refractivity contribution >= 4 is 15.9 Å². The average molecular weight is 493 g/mol. The predicted molar refractivity (Wildman–Crippen MR) is 111 cm³/mol. The summed E-state index contributed by atoms with van der Waals surface area (Å²) in [6.45, 7) is -0.602. The third-order valence-electron chi connectivity index (χ3n) is 4.27. The minimum atomic E-state index is -1.65. The highest BCUT2D eigenvalue weighted by atomic mass is 79.9. The topological polar surface area (TPSA) is 146 Å². The van der Waals surface area contributed by atoms with Crippen molar-refractivity contribution < 1.29 is 23.7 Å². The van der Waals surface area contributed by atoms with Crippen LogP contribution in [0, 0.1) is 0 Å². The molecule has 1 heterocycles. The minimum Gasteiger partial charge on any atom is -0.501 e. The Bertz CT molecular complexity index is 1430. The van der Waals surface area contributed by atoms with Gasteiger partial charge in [-0.1, -0.05) is 0 Å². The van der Waals surface area contributed by atoms with Gasteiger partial charge in [0, 0.05) is 10.0 Å². The van der Waals surface area contributed by atoms with E-state index >= 15 is 0 Å². The van der Waals surface area contributed by atoms with Crippen molar-refractivity contribution in [1.82, 2.24) is 0 Å². The molecule has 11 heteroatoms. The molecule has 2 aromatic carbocycles. The second-order valence-corrected chi connectivity index (χ2v) is 6.94. The zero-order chi connectivity index (χ0) is 22.9. The van der Waals surface area contributed by atoms with E-state index in [-0.39, 0.29) is 11.3 Å². The summed E-state index contributed by atoms with van der Waals surface area (Å²) in [5.74, 6) is -1.25. The number of aromatic hydroxyl groups is 1. The molecule has 0 unspecified atom stereocenters. The Kier molecular flexibility index (Phi) is 6.07. The molecule has 0 aliphatic carbocycles. The van der Waals surface area contributed by atoms with E-state index in [0.717, 1.165) is 0 Å². The minimum absolute atomic E-state index is 0.0785. The lowest BCUT2D eigenvalue weighted by Gasteiger charge is -2.11. The first-order valence-electron chi connectivity index (χ1n) is 8.48. The van der Waals surface area contributed by atoms with Crippen LogP contribution in [0.3, 0.4) is 0 Å². The van der Waals surface area contributed by atoms with E-state index in [2.05, 4.69) is 15.9 Å². The van der Waals surface area contributed by atoms with E-state index in [1.165, 1.54) is 26.4 Å². The van der Waals surface area contributed by atoms with Gasteiger partial charge in [0.25, 0.3) is 21.7 Å². The van der Waals surface area contributed by atoms with Crippen LogP contribution in [0.2, 0.25) is 0 Å². The third-order valence-corrected chi connectivity index (χ3v) is 4.92. The van der Waals surface area contributed by atoms with Gasteiger partial charge in [0.2, 0.25) is 11.5 Å². The number of ether oxygens (including phenoxy) is 3. The zero-order valence-corrected chi connectivity index (χ0v) is 17.6. The number of phenolic OH excluding ortho intramolecular Hbond substituents is 1. The maximum atomic E-state index is 12.3. The lowest BCUT2D eigenvalue weighted by Crippen LogP contribution is -2.46. The summed E-state index contributed by atoms with van der Waals surface area (Å²) in [6, 6.07) is 6.01. The number of halogens is 1. The van der Waals surface area contributed by atoms with E-state index < -0.39 is 45.4 Å². The van der Waals surface area contributed by atoms with Gasteiger partial charge in [0.1, 0.15) is 12.4 Å². The number of phenols is 1. The van der Waals surface area contributed by atoms with E-state index in [0.29, 0.717) is 21.5 Å². The van der Waals surface area contributed by atoms with E-state index in [9.17, 15) is 29.1 Å². The van der Waals surface area contributed by atoms with Crippen molar-refractivity contribution in [1.29, 1.82) is 0 Å². The number of hydrogen-bond donors (Lipinski definition) is 1. The lowest BCUT2D eigenvalue weighted by atomic mass is 10.1. The molecule has 0 saturated carbocycles. The molecule has 10 nitrogen and oxygen atoms in total. The Morgan fingerprint density at radius 2 is 1.52 bits per heavy atom. The second kappa shape index (κ2) is 8.56. The summed E-state index contributed by atoms with van der Waals surface area (Å²) in [6.07, 6.45) is 0. The monoisotopic (exact) mass is 492 g/mol. The molecule has 3 aromatic rings. The average Bonchev–Trinajstić information content (AvgIpc) is 2.76. The Morgan fingerprint density at radius 3 is 2.13 bits per heavy atom. The van der Waals surface area contributed by atoms with Gasteiger partial charge in [-0.05, 0) is 40.2 Å². The van der Waals surface area contributed by atoms with Gasteiger partial charge in [-0.25, -0.2) is 4.79 Å². The van der Waals surface area contributed by atoms with Crippen molar-refractivity contribution in [2.24, 2.45) is 0 Å². The summed E-state index contributed by atoms with van der Waals surface area (Å²) in [5.41, 5.74) is -6.74. The van der Waals surface area contributed by atoms with E-state index in [1.807, 2.05) is 0 Å². The van der Waals surface area contributed by atoms with Crippen LogP contribution in [0.1, 0.15) is 5.56 Å². The number of methoxy groups -OCH3 is 2. The van der Waals surface area contributed by atoms with Crippen LogP contribution < -0.4 is 41.6 Å². The zero-order valence-electron chi connectivity index (χ0n) is 16.0. The van der Waals surface area contributed by atoms with Crippen LogP contribution in [-0.2, 0) is 6.61 Å². The number of benzene rings is 2. The molecule has 0 fully saturated rings. The molecule has 3 rings (SSSR count). The Balaban J connectivity index is 1.95. The first-order valence-corrected chi connectivity index (χ1v) is 9.27. The maximum Gasteiger partial charge on any atom is 0.342 e. The van der Waals surface area contributed by atoms with Crippen LogP contribution in [0.25, 0.3) is 11.3 Å². The highest BCUT2D eigenvalue weighted by Crippen LogP contribution is 2.38. The normalized spacial score (nSPS) is 10.7. The summed E-state index contributed by atoms with van der Waals surface area (Å²) in [4.78, 5) is 58.3. The summed E-state index contributed by atoms with van der Waals surface area (Å²) < 4.78 is 21.3. The summed E-state index contributed by atoms with van der Waals surface area (Å²) in [7, 11) is 2.92. The molecule has 0 atom stereocenters. The summed E-state index contributed by atoms with van der Waals surface area (Å²) >= 11 is 3.36. The molecule has 0 amide bonds. The molecule has 160 valence electrons. The SMILES string of the molecule is COc1cc(Br)c(-c2ccc(COc3c(O)c(=O)c(=O)c(=O)c3=O)c(=O)o2)cc1OC. The molecule has 0 aliphatic rings. The molecule has 1 aromatic heterocycles. The van der Waals surface area contributed by atoms with Gasteiger partial charge >= 0.3 is 5.63 Å². The van der Waals surface area contributed by atoms with Crippen LogP contribution in [-0.4, -0.2) is 19.3 Å². The van der Waals surface area contributed by atoms with Gasteiger partial charge < -0.3 is 23.7 Å². The Morgan fingerprint density at radius 1 is 0.903 bits per heavy atom. The summed E-state index contributed by atoms with van der Waals surface area (Å²) in [5, 5.41) is 9.64. The van der Waals surface area contributed by atoms with Crippen molar-refractivity contribution in [3.05, 3.63) is 85.6 Å². The van der Waals surface area contributed by atoms with Gasteiger partial charge in [-0.15, -0.1) is 0 Å². The third kappa shape index (κ3) is 3.99. The van der Waals surface area contributed by atoms with Gasteiger partial charge in [0.05, 0.1) is 19.8 Å². The smallest absolute Gasteiger partial charge is 0.342 e. The highest BCUT2D eigenvalue weighted by molar-refractivity contribution is 9.10. The van der Waals surface area contributed by atoms with Crippen LogP contribution in [0.15, 0.2) is 57.1 Å². The van der Waals surface area contributed by atoms with Crippen molar-refractivity contribution in [3.8, 4) is 34.3 Å². The van der Waals surface area contributed by atoms with E-state index in [4.69, 9.17) is 18.6 Å². The highest BCUT2D eigenvalue weighted by Gasteiger charge is 2.20. The first-order chi connectivity index (χ1) is 14.7. The van der Waals surface area contributed by atoms with Crippen LogP contribution in [0.4, 0.5) is 0 Å². The standard InChI is InChI=1S/C20H13BrO10/c1-28-12-5-9(10(21)6-13(12)29-2)11-4-3-8(20(27)31-11)7-30-19-17(25)15(23)14(22)16(24)18(19)26/h3-6,25H,7H2,1-2H3. The molecular formula is C20H13BrO10. The molecule has 0 spiro atoms. The van der Waals surface area contributed by atoms with Crippen LogP contribution >= 0.6 is 15.9 Å². The first kappa shape index (κ1) is 22.0. The second-order valence-electron chi connectivity index (χ2n) is 6.08. The fourth-order valence-electron chi connectivity index (χ4n) is 2.65. The number of rotatable bonds is 6. The molecule has 0 radical (unpaired) electrons. The van der Waals surface area contributed by atoms with Gasteiger partial charge in [-0.3, -0.25) is 19.2 Å². The fraction of sp³-hybridized carbons (Fsp3) is 0.150.